The number of hydrogen-bond donors (Lipinski definition) is 1. The third-order valence-corrected chi connectivity index (χ3v) is 1.66. The van der Waals surface area contributed by atoms with E-state index in [9.17, 15) is 4.79 Å². The fraction of sp³-hybridized carbons (Fsp3) is 0.0909. The molecule has 1 rings (SSSR count). The molecule has 0 atom stereocenters. The topological polar surface area (TPSA) is 62.1 Å². The number of nitriles is 1. The molecule has 0 saturated heterocycles. The highest BCUT2D eigenvalue weighted by molar-refractivity contribution is 5.97. The maximum absolute atomic E-state index is 11.4. The number of nitrogens with one attached hydrogen (secondary N) is 1. The molecule has 1 amide bonds. The number of benzene rings is 1. The lowest BCUT2D eigenvalue weighted by molar-refractivity contribution is 0.0969. The molecule has 0 unspecified atom stereocenters. The summed E-state index contributed by atoms with van der Waals surface area (Å²) in [4.78, 5) is 11.4. The lowest BCUT2D eigenvalue weighted by atomic mass is 10.2. The van der Waals surface area contributed by atoms with Crippen LogP contribution in [0, 0.1) is 11.5 Å². The summed E-state index contributed by atoms with van der Waals surface area (Å²) >= 11 is 0. The van der Waals surface area contributed by atoms with Crippen LogP contribution in [0.15, 0.2) is 36.9 Å². The molecule has 0 aliphatic carbocycles. The minimum absolute atomic E-state index is 0.316. The van der Waals surface area contributed by atoms with Gasteiger partial charge in [0.05, 0.1) is 5.56 Å². The predicted molar refractivity (Wildman–Crippen MR) is 55.2 cm³/mol. The molecule has 0 aliphatic heterocycles. The number of rotatable bonds is 4. The Morgan fingerprint density at radius 1 is 1.60 bits per heavy atom. The van der Waals surface area contributed by atoms with Gasteiger partial charge in [0.15, 0.2) is 6.19 Å². The highest BCUT2D eigenvalue weighted by atomic mass is 16.5. The van der Waals surface area contributed by atoms with Crippen LogP contribution < -0.4 is 10.1 Å². The molecule has 0 saturated carbocycles. The first-order valence-electron chi connectivity index (χ1n) is 4.31. The van der Waals surface area contributed by atoms with Gasteiger partial charge in [-0.05, 0) is 12.1 Å². The summed E-state index contributed by atoms with van der Waals surface area (Å²) in [6.07, 6.45) is 3.16. The van der Waals surface area contributed by atoms with E-state index in [0.29, 0.717) is 17.9 Å². The molecule has 1 aromatic carbocycles. The Kier molecular flexibility index (Phi) is 3.92. The van der Waals surface area contributed by atoms with Gasteiger partial charge in [0.2, 0.25) is 0 Å². The zero-order valence-electron chi connectivity index (χ0n) is 8.06. The van der Waals surface area contributed by atoms with Gasteiger partial charge in [0, 0.05) is 0 Å². The summed E-state index contributed by atoms with van der Waals surface area (Å²) in [5.41, 5.74) is 0.334. The summed E-state index contributed by atoms with van der Waals surface area (Å²) in [7, 11) is 0. The number of hydrogen-bond acceptors (Lipinski definition) is 3. The van der Waals surface area contributed by atoms with Crippen molar-refractivity contribution >= 4 is 5.91 Å². The summed E-state index contributed by atoms with van der Waals surface area (Å²) in [6.45, 7) is 3.83. The van der Waals surface area contributed by atoms with Crippen molar-refractivity contribution in [1.29, 1.82) is 5.26 Å². The SMILES string of the molecule is C=CCOc1ccccc1C(=O)NC#N. The van der Waals surface area contributed by atoms with E-state index >= 15 is 0 Å². The second-order valence-electron chi connectivity index (χ2n) is 2.66. The third kappa shape index (κ3) is 2.85. The molecule has 4 nitrogen and oxygen atoms in total. The van der Waals surface area contributed by atoms with Crippen molar-refractivity contribution in [1.82, 2.24) is 5.32 Å². The number of carbonyl (C=O) groups excluding carboxylic acids is 1. The fourth-order valence-electron chi connectivity index (χ4n) is 1.05. The van der Waals surface area contributed by atoms with E-state index < -0.39 is 5.91 Å². The highest BCUT2D eigenvalue weighted by Gasteiger charge is 2.10. The Balaban J connectivity index is 2.91. The van der Waals surface area contributed by atoms with E-state index in [1.54, 1.807) is 36.5 Å². The van der Waals surface area contributed by atoms with Crippen molar-refractivity contribution in [2.24, 2.45) is 0 Å². The lowest BCUT2D eigenvalue weighted by Crippen LogP contribution is -2.18. The average Bonchev–Trinajstić information content (AvgIpc) is 2.27. The van der Waals surface area contributed by atoms with Crippen molar-refractivity contribution in [3.8, 4) is 11.9 Å². The first kappa shape index (κ1) is 10.8. The van der Waals surface area contributed by atoms with Gasteiger partial charge < -0.3 is 4.74 Å². The van der Waals surface area contributed by atoms with Crippen LogP contribution in [0.2, 0.25) is 0 Å². The van der Waals surface area contributed by atoms with Crippen molar-refractivity contribution in [2.75, 3.05) is 6.61 Å². The fourth-order valence-corrected chi connectivity index (χ4v) is 1.05. The Bertz CT molecular complexity index is 407. The van der Waals surface area contributed by atoms with Crippen LogP contribution in [0.3, 0.4) is 0 Å². The van der Waals surface area contributed by atoms with Crippen LogP contribution in [0.4, 0.5) is 0 Å². The zero-order valence-corrected chi connectivity index (χ0v) is 8.06. The molecule has 1 N–H and O–H groups in total. The molecule has 76 valence electrons. The van der Waals surface area contributed by atoms with Gasteiger partial charge in [0.1, 0.15) is 12.4 Å². The van der Waals surface area contributed by atoms with Gasteiger partial charge in [-0.15, -0.1) is 0 Å². The van der Waals surface area contributed by atoms with E-state index in [2.05, 4.69) is 6.58 Å². The second kappa shape index (κ2) is 5.45. The van der Waals surface area contributed by atoms with E-state index in [4.69, 9.17) is 10.00 Å². The molecule has 4 heteroatoms. The molecular weight excluding hydrogens is 192 g/mol. The minimum atomic E-state index is -0.475. The summed E-state index contributed by atoms with van der Waals surface area (Å²) < 4.78 is 5.27. The van der Waals surface area contributed by atoms with Crippen LogP contribution in [-0.4, -0.2) is 12.5 Å². The quantitative estimate of drug-likeness (QED) is 0.456. The maximum Gasteiger partial charge on any atom is 0.268 e. The van der Waals surface area contributed by atoms with Gasteiger partial charge in [0.25, 0.3) is 5.91 Å². The molecule has 0 fully saturated rings. The Labute approximate surface area is 87.8 Å². The smallest absolute Gasteiger partial charge is 0.268 e. The summed E-state index contributed by atoms with van der Waals surface area (Å²) in [5.74, 6) is -0.0395. The number of nitrogens with zero attached hydrogens (tertiary/aromatic N) is 1. The monoisotopic (exact) mass is 202 g/mol. The van der Waals surface area contributed by atoms with Crippen LogP contribution in [-0.2, 0) is 0 Å². The van der Waals surface area contributed by atoms with Crippen LogP contribution in [0.25, 0.3) is 0 Å². The number of ether oxygens (including phenoxy) is 1. The molecule has 0 heterocycles. The molecule has 15 heavy (non-hydrogen) atoms. The predicted octanol–water partition coefficient (Wildman–Crippen LogP) is 1.46. The third-order valence-electron chi connectivity index (χ3n) is 1.66. The minimum Gasteiger partial charge on any atom is -0.489 e. The van der Waals surface area contributed by atoms with E-state index in [1.165, 1.54) is 0 Å². The maximum atomic E-state index is 11.4. The molecule has 0 bridgehead atoms. The number of amides is 1. The van der Waals surface area contributed by atoms with Gasteiger partial charge in [-0.25, -0.2) is 0 Å². The molecule has 1 aromatic rings. The highest BCUT2D eigenvalue weighted by Crippen LogP contribution is 2.17. The first-order chi connectivity index (χ1) is 7.29. The number of carbonyl (C=O) groups is 1. The first-order valence-corrected chi connectivity index (χ1v) is 4.31. The van der Waals surface area contributed by atoms with Crippen molar-refractivity contribution in [3.63, 3.8) is 0 Å². The standard InChI is InChI=1S/C11H10N2O2/c1-2-7-15-10-6-4-3-5-9(10)11(14)13-8-12/h2-6H,1,7H2,(H,13,14). The largest absolute Gasteiger partial charge is 0.489 e. The van der Waals surface area contributed by atoms with Crippen molar-refractivity contribution in [3.05, 3.63) is 42.5 Å². The molecular formula is C11H10N2O2. The Hall–Kier alpha value is -2.28. The van der Waals surface area contributed by atoms with Crippen molar-refractivity contribution in [2.45, 2.75) is 0 Å². The van der Waals surface area contributed by atoms with Gasteiger partial charge in [-0.1, -0.05) is 24.8 Å². The lowest BCUT2D eigenvalue weighted by Gasteiger charge is -2.07. The normalized spacial score (nSPS) is 8.73. The number of para-hydroxylation sites is 1. The van der Waals surface area contributed by atoms with E-state index in [-0.39, 0.29) is 0 Å². The second-order valence-corrected chi connectivity index (χ2v) is 2.66. The summed E-state index contributed by atoms with van der Waals surface area (Å²) in [6, 6.07) is 6.70. The Morgan fingerprint density at radius 3 is 3.00 bits per heavy atom. The molecule has 0 radical (unpaired) electrons. The Morgan fingerprint density at radius 2 is 2.33 bits per heavy atom. The molecule has 0 spiro atoms. The molecule has 0 aromatic heterocycles. The molecule has 0 aliphatic rings. The summed E-state index contributed by atoms with van der Waals surface area (Å²) in [5, 5.41) is 10.4. The van der Waals surface area contributed by atoms with Gasteiger partial charge in [-0.3, -0.25) is 10.1 Å². The zero-order chi connectivity index (χ0) is 11.1. The van der Waals surface area contributed by atoms with Crippen LogP contribution in [0.5, 0.6) is 5.75 Å². The average molecular weight is 202 g/mol. The van der Waals surface area contributed by atoms with Crippen LogP contribution in [0.1, 0.15) is 10.4 Å². The van der Waals surface area contributed by atoms with Crippen molar-refractivity contribution < 1.29 is 9.53 Å². The van der Waals surface area contributed by atoms with Gasteiger partial charge >= 0.3 is 0 Å². The van der Waals surface area contributed by atoms with Gasteiger partial charge in [-0.2, -0.15) is 5.26 Å². The van der Waals surface area contributed by atoms with Crippen LogP contribution >= 0.6 is 0 Å². The van der Waals surface area contributed by atoms with E-state index in [0.717, 1.165) is 0 Å². The van der Waals surface area contributed by atoms with E-state index in [1.807, 2.05) is 5.32 Å².